The number of aromatic hydroxyl groups is 1. The monoisotopic (exact) mass is 388 g/mol. The number of hydrogen-bond donors (Lipinski definition) is 2. The standard InChI is InChI=1S/C18H13ClN2O4S/c19-12-6-8-13(9-7-12)21-16(23)14(17(24)25)15(22)20(18(21)26)10-11-4-2-1-3-5-11/h1-9,22H,10H2,(H,24,25). The fraction of sp³-hybridized carbons (Fsp3) is 0.0556. The molecule has 0 saturated carbocycles. The van der Waals surface area contributed by atoms with E-state index in [2.05, 4.69) is 0 Å². The van der Waals surface area contributed by atoms with Crippen LogP contribution in [-0.4, -0.2) is 25.3 Å². The van der Waals surface area contributed by atoms with Gasteiger partial charge in [0.05, 0.1) is 12.2 Å². The number of carboxylic acid groups (broad SMARTS) is 1. The lowest BCUT2D eigenvalue weighted by Gasteiger charge is -2.16. The highest BCUT2D eigenvalue weighted by Gasteiger charge is 2.23. The fourth-order valence-electron chi connectivity index (χ4n) is 2.55. The third kappa shape index (κ3) is 3.26. The number of aromatic nitrogens is 2. The Balaban J connectivity index is 2.31. The van der Waals surface area contributed by atoms with Crippen molar-refractivity contribution in [1.29, 1.82) is 0 Å². The summed E-state index contributed by atoms with van der Waals surface area (Å²) >= 11 is 11.2. The maximum Gasteiger partial charge on any atom is 0.346 e. The Kier molecular flexibility index (Phi) is 4.92. The Hall–Kier alpha value is -2.90. The van der Waals surface area contributed by atoms with E-state index >= 15 is 0 Å². The first-order valence-corrected chi connectivity index (χ1v) is 8.30. The van der Waals surface area contributed by atoms with Gasteiger partial charge in [-0.1, -0.05) is 41.9 Å². The van der Waals surface area contributed by atoms with Gasteiger partial charge < -0.3 is 10.2 Å². The average Bonchev–Trinajstić information content (AvgIpc) is 2.61. The second-order valence-electron chi connectivity index (χ2n) is 5.48. The van der Waals surface area contributed by atoms with Gasteiger partial charge in [0.1, 0.15) is 0 Å². The third-order valence-electron chi connectivity index (χ3n) is 3.80. The Bertz CT molecular complexity index is 1090. The van der Waals surface area contributed by atoms with Gasteiger partial charge in [0.2, 0.25) is 5.88 Å². The predicted molar refractivity (Wildman–Crippen MR) is 100 cm³/mol. The predicted octanol–water partition coefficient (Wildman–Crippen LogP) is 3.47. The molecular weight excluding hydrogens is 376 g/mol. The van der Waals surface area contributed by atoms with E-state index in [4.69, 9.17) is 23.8 Å². The first kappa shape index (κ1) is 17.9. The van der Waals surface area contributed by atoms with Crippen LogP contribution in [0.4, 0.5) is 0 Å². The highest BCUT2D eigenvalue weighted by molar-refractivity contribution is 7.71. The summed E-state index contributed by atoms with van der Waals surface area (Å²) in [6, 6.07) is 15.3. The molecule has 0 amide bonds. The van der Waals surface area contributed by atoms with Gasteiger partial charge in [0.25, 0.3) is 5.56 Å². The topological polar surface area (TPSA) is 84.5 Å². The van der Waals surface area contributed by atoms with E-state index in [1.165, 1.54) is 4.57 Å². The van der Waals surface area contributed by atoms with Crippen LogP contribution in [0.2, 0.25) is 5.02 Å². The molecule has 3 rings (SSSR count). The van der Waals surface area contributed by atoms with Crippen molar-refractivity contribution in [3.05, 3.63) is 85.9 Å². The lowest BCUT2D eigenvalue weighted by Crippen LogP contribution is -2.30. The molecule has 0 radical (unpaired) electrons. The van der Waals surface area contributed by atoms with E-state index in [1.807, 2.05) is 18.2 Å². The van der Waals surface area contributed by atoms with E-state index in [0.717, 1.165) is 10.1 Å². The van der Waals surface area contributed by atoms with E-state index < -0.39 is 23.0 Å². The molecule has 6 nitrogen and oxygen atoms in total. The van der Waals surface area contributed by atoms with Crippen LogP contribution in [0.5, 0.6) is 5.88 Å². The molecule has 0 spiro atoms. The summed E-state index contributed by atoms with van der Waals surface area (Å²) in [5.74, 6) is -2.21. The van der Waals surface area contributed by atoms with Crippen molar-refractivity contribution in [2.45, 2.75) is 6.54 Å². The van der Waals surface area contributed by atoms with E-state index in [9.17, 15) is 19.8 Å². The smallest absolute Gasteiger partial charge is 0.346 e. The summed E-state index contributed by atoms with van der Waals surface area (Å²) in [5, 5.41) is 20.2. The summed E-state index contributed by atoms with van der Waals surface area (Å²) in [5.41, 5.74) is -0.513. The second kappa shape index (κ2) is 7.15. The van der Waals surface area contributed by atoms with Crippen molar-refractivity contribution in [3.8, 4) is 11.6 Å². The van der Waals surface area contributed by atoms with Gasteiger partial charge in [-0.2, -0.15) is 0 Å². The Morgan fingerprint density at radius 3 is 2.27 bits per heavy atom. The van der Waals surface area contributed by atoms with Crippen LogP contribution < -0.4 is 5.56 Å². The molecule has 26 heavy (non-hydrogen) atoms. The minimum absolute atomic E-state index is 0.0244. The van der Waals surface area contributed by atoms with Crippen LogP contribution in [0.15, 0.2) is 59.4 Å². The van der Waals surface area contributed by atoms with Crippen molar-refractivity contribution in [2.24, 2.45) is 0 Å². The van der Waals surface area contributed by atoms with Gasteiger partial charge >= 0.3 is 5.97 Å². The molecule has 3 aromatic rings. The normalized spacial score (nSPS) is 10.7. The molecule has 0 saturated heterocycles. The molecule has 0 aliphatic heterocycles. The van der Waals surface area contributed by atoms with Crippen molar-refractivity contribution in [3.63, 3.8) is 0 Å². The zero-order chi connectivity index (χ0) is 18.8. The first-order chi connectivity index (χ1) is 12.4. The van der Waals surface area contributed by atoms with Crippen LogP contribution in [-0.2, 0) is 6.54 Å². The number of carboxylic acids is 1. The molecule has 0 unspecified atom stereocenters. The highest BCUT2D eigenvalue weighted by Crippen LogP contribution is 2.20. The molecule has 132 valence electrons. The van der Waals surface area contributed by atoms with Crippen LogP contribution in [0.25, 0.3) is 5.69 Å². The molecular formula is C18H13ClN2O4S. The SMILES string of the molecule is O=C(O)c1c(O)n(Cc2ccccc2)c(=S)n(-c2ccc(Cl)cc2)c1=O. The van der Waals surface area contributed by atoms with Crippen molar-refractivity contribution in [1.82, 2.24) is 9.13 Å². The number of nitrogens with zero attached hydrogens (tertiary/aromatic N) is 2. The first-order valence-electron chi connectivity index (χ1n) is 7.52. The van der Waals surface area contributed by atoms with Crippen molar-refractivity contribution in [2.75, 3.05) is 0 Å². The minimum Gasteiger partial charge on any atom is -0.494 e. The third-order valence-corrected chi connectivity index (χ3v) is 4.46. The van der Waals surface area contributed by atoms with Crippen LogP contribution in [0.3, 0.4) is 0 Å². The second-order valence-corrected chi connectivity index (χ2v) is 6.28. The molecule has 2 aromatic carbocycles. The van der Waals surface area contributed by atoms with Crippen molar-refractivity contribution >= 4 is 29.8 Å². The molecule has 2 N–H and O–H groups in total. The summed E-state index contributed by atoms with van der Waals surface area (Å²) in [7, 11) is 0. The number of aromatic carboxylic acids is 1. The van der Waals surface area contributed by atoms with E-state index in [0.29, 0.717) is 10.7 Å². The molecule has 0 aliphatic carbocycles. The maximum atomic E-state index is 12.7. The average molecular weight is 389 g/mol. The van der Waals surface area contributed by atoms with Gasteiger partial charge in [-0.3, -0.25) is 13.9 Å². The molecule has 0 aliphatic rings. The summed E-state index contributed by atoms with van der Waals surface area (Å²) < 4.78 is 2.26. The van der Waals surface area contributed by atoms with Gasteiger partial charge in [0.15, 0.2) is 10.3 Å². The zero-order valence-corrected chi connectivity index (χ0v) is 14.9. The molecule has 1 heterocycles. The number of hydrogen-bond acceptors (Lipinski definition) is 4. The van der Waals surface area contributed by atoms with Crippen molar-refractivity contribution < 1.29 is 15.0 Å². The van der Waals surface area contributed by atoms with E-state index in [1.54, 1.807) is 36.4 Å². The summed E-state index contributed by atoms with van der Waals surface area (Å²) in [6.45, 7) is 0.111. The van der Waals surface area contributed by atoms with Gasteiger partial charge in [0, 0.05) is 5.02 Å². The summed E-state index contributed by atoms with van der Waals surface area (Å²) in [4.78, 5) is 24.2. The van der Waals surface area contributed by atoms with Gasteiger partial charge in [-0.25, -0.2) is 4.79 Å². The molecule has 0 atom stereocenters. The molecule has 1 aromatic heterocycles. The number of benzene rings is 2. The minimum atomic E-state index is -1.54. The Morgan fingerprint density at radius 1 is 1.08 bits per heavy atom. The number of halogens is 1. The van der Waals surface area contributed by atoms with Crippen LogP contribution in [0, 0.1) is 4.77 Å². The molecule has 0 bridgehead atoms. The van der Waals surface area contributed by atoms with Crippen LogP contribution >= 0.6 is 23.8 Å². The Morgan fingerprint density at radius 2 is 1.69 bits per heavy atom. The quantitative estimate of drug-likeness (QED) is 0.668. The number of carbonyl (C=O) groups is 1. The van der Waals surface area contributed by atoms with E-state index in [-0.39, 0.29) is 11.3 Å². The molecule has 8 heteroatoms. The fourth-order valence-corrected chi connectivity index (χ4v) is 3.02. The maximum absolute atomic E-state index is 12.7. The van der Waals surface area contributed by atoms with Gasteiger partial charge in [-0.05, 0) is 42.0 Å². The largest absolute Gasteiger partial charge is 0.494 e. The number of rotatable bonds is 4. The lowest BCUT2D eigenvalue weighted by atomic mass is 10.2. The lowest BCUT2D eigenvalue weighted by molar-refractivity contribution is 0.0689. The van der Waals surface area contributed by atoms with Crippen LogP contribution in [0.1, 0.15) is 15.9 Å². The summed E-state index contributed by atoms with van der Waals surface area (Å²) in [6.07, 6.45) is 0. The molecule has 0 fully saturated rings. The zero-order valence-electron chi connectivity index (χ0n) is 13.3. The highest BCUT2D eigenvalue weighted by atomic mass is 35.5. The Labute approximate surface area is 158 Å². The van der Waals surface area contributed by atoms with Gasteiger partial charge in [-0.15, -0.1) is 0 Å².